The molecule has 2 rings (SSSR count). The molecule has 5 atom stereocenters. The summed E-state index contributed by atoms with van der Waals surface area (Å²) in [5, 5.41) is 8.89. The quantitative estimate of drug-likeness (QED) is 0.610. The molecule has 2 aliphatic carbocycles. The third kappa shape index (κ3) is 3.82. The van der Waals surface area contributed by atoms with Gasteiger partial charge in [0, 0.05) is 13.7 Å². The van der Waals surface area contributed by atoms with Crippen LogP contribution in [0.5, 0.6) is 0 Å². The maximum absolute atomic E-state index is 8.89. The average molecular weight is 266 g/mol. The number of hydrogen-bond donors (Lipinski definition) is 1. The van der Waals surface area contributed by atoms with Gasteiger partial charge < -0.3 is 9.84 Å². The summed E-state index contributed by atoms with van der Waals surface area (Å²) in [5.74, 6) is 2.85. The van der Waals surface area contributed by atoms with Gasteiger partial charge in [-0.3, -0.25) is 0 Å². The minimum Gasteiger partial charge on any atom is -0.396 e. The molecule has 0 spiro atoms. The van der Waals surface area contributed by atoms with Crippen LogP contribution in [0.15, 0.2) is 12.7 Å². The molecule has 110 valence electrons. The Hall–Kier alpha value is -0.340. The van der Waals surface area contributed by atoms with Gasteiger partial charge in [-0.1, -0.05) is 13.0 Å². The van der Waals surface area contributed by atoms with E-state index in [4.69, 9.17) is 9.84 Å². The van der Waals surface area contributed by atoms with Crippen LogP contribution in [0.2, 0.25) is 0 Å². The van der Waals surface area contributed by atoms with E-state index < -0.39 is 0 Å². The van der Waals surface area contributed by atoms with Gasteiger partial charge in [0.15, 0.2) is 0 Å². The summed E-state index contributed by atoms with van der Waals surface area (Å²) >= 11 is 0. The molecule has 19 heavy (non-hydrogen) atoms. The van der Waals surface area contributed by atoms with Crippen LogP contribution in [0, 0.1) is 23.2 Å². The van der Waals surface area contributed by atoms with E-state index in [-0.39, 0.29) is 0 Å². The topological polar surface area (TPSA) is 29.5 Å². The molecule has 2 saturated carbocycles. The summed E-state index contributed by atoms with van der Waals surface area (Å²) in [4.78, 5) is 0. The minimum atomic E-state index is 0.361. The second-order valence-corrected chi connectivity index (χ2v) is 6.91. The zero-order chi connectivity index (χ0) is 13.9. The Morgan fingerprint density at radius 2 is 2.32 bits per heavy atom. The van der Waals surface area contributed by atoms with Gasteiger partial charge in [0.2, 0.25) is 0 Å². The first kappa shape index (κ1) is 15.1. The van der Waals surface area contributed by atoms with Crippen LogP contribution in [-0.4, -0.2) is 24.9 Å². The van der Waals surface area contributed by atoms with E-state index in [1.54, 1.807) is 0 Å². The third-order valence-corrected chi connectivity index (χ3v) is 5.45. The summed E-state index contributed by atoms with van der Waals surface area (Å²) in [6, 6.07) is 0. The zero-order valence-corrected chi connectivity index (χ0v) is 12.6. The summed E-state index contributed by atoms with van der Waals surface area (Å²) in [6.45, 7) is 6.62. The summed E-state index contributed by atoms with van der Waals surface area (Å²) < 4.78 is 5.50. The van der Waals surface area contributed by atoms with Crippen molar-refractivity contribution in [2.45, 2.75) is 58.0 Å². The number of methoxy groups -OCH3 is 1. The zero-order valence-electron chi connectivity index (χ0n) is 12.6. The van der Waals surface area contributed by atoms with Crippen LogP contribution in [0.4, 0.5) is 0 Å². The van der Waals surface area contributed by atoms with Gasteiger partial charge in [-0.15, -0.1) is 6.58 Å². The van der Waals surface area contributed by atoms with Crippen LogP contribution in [0.3, 0.4) is 0 Å². The molecule has 0 aliphatic heterocycles. The van der Waals surface area contributed by atoms with Crippen molar-refractivity contribution in [3.63, 3.8) is 0 Å². The monoisotopic (exact) mass is 266 g/mol. The number of rotatable bonds is 10. The Morgan fingerprint density at radius 1 is 1.53 bits per heavy atom. The average Bonchev–Trinajstić information content (AvgIpc) is 3.29. The van der Waals surface area contributed by atoms with Crippen molar-refractivity contribution in [1.82, 2.24) is 0 Å². The number of aliphatic hydroxyl groups excluding tert-OH is 1. The molecular formula is C17H30O2. The molecule has 2 fully saturated rings. The van der Waals surface area contributed by atoms with Crippen molar-refractivity contribution in [3.05, 3.63) is 12.7 Å². The van der Waals surface area contributed by atoms with Crippen LogP contribution in [-0.2, 0) is 4.74 Å². The Morgan fingerprint density at radius 3 is 2.95 bits per heavy atom. The standard InChI is InChI=1S/C17H30O2/c1-4-6-14(19-3)8-9-17(2)12-16(17)15-11-13(15)7-5-10-18/h4,13-16,18H,1,5-12H2,2-3H3/t13-,14-,15-,16+,17-/m0/s1. The van der Waals surface area contributed by atoms with Gasteiger partial charge in [0.1, 0.15) is 0 Å². The fraction of sp³-hybridized carbons (Fsp3) is 0.882. The molecule has 0 amide bonds. The maximum Gasteiger partial charge on any atom is 0.0605 e. The minimum absolute atomic E-state index is 0.361. The normalized spacial score (nSPS) is 37.9. The van der Waals surface area contributed by atoms with E-state index in [2.05, 4.69) is 13.5 Å². The smallest absolute Gasteiger partial charge is 0.0605 e. The molecule has 0 aromatic carbocycles. The summed E-state index contributed by atoms with van der Waals surface area (Å²) in [6.07, 6.45) is 10.8. The molecule has 0 unspecified atom stereocenters. The molecular weight excluding hydrogens is 236 g/mol. The molecule has 2 aliphatic rings. The Labute approximate surface area is 118 Å². The highest BCUT2D eigenvalue weighted by molar-refractivity contribution is 5.08. The second kappa shape index (κ2) is 6.41. The van der Waals surface area contributed by atoms with Gasteiger partial charge >= 0.3 is 0 Å². The third-order valence-electron chi connectivity index (χ3n) is 5.45. The predicted octanol–water partition coefficient (Wildman–Crippen LogP) is 3.79. The van der Waals surface area contributed by atoms with E-state index in [1.165, 1.54) is 32.1 Å². The largest absolute Gasteiger partial charge is 0.396 e. The van der Waals surface area contributed by atoms with Crippen molar-refractivity contribution >= 4 is 0 Å². The Kier molecular flexibility index (Phi) is 5.08. The Bertz CT molecular complexity index is 302. The lowest BCUT2D eigenvalue weighted by atomic mass is 9.94. The fourth-order valence-electron chi connectivity index (χ4n) is 3.86. The first-order valence-electron chi connectivity index (χ1n) is 7.89. The van der Waals surface area contributed by atoms with Gasteiger partial charge in [-0.25, -0.2) is 0 Å². The van der Waals surface area contributed by atoms with Crippen LogP contribution in [0.1, 0.15) is 51.9 Å². The molecule has 2 heteroatoms. The van der Waals surface area contributed by atoms with Crippen molar-refractivity contribution in [3.8, 4) is 0 Å². The highest BCUT2D eigenvalue weighted by atomic mass is 16.5. The van der Waals surface area contributed by atoms with E-state index in [9.17, 15) is 0 Å². The van der Waals surface area contributed by atoms with E-state index in [0.29, 0.717) is 18.1 Å². The second-order valence-electron chi connectivity index (χ2n) is 6.91. The fourth-order valence-corrected chi connectivity index (χ4v) is 3.86. The number of hydrogen-bond acceptors (Lipinski definition) is 2. The Balaban J connectivity index is 1.67. The molecule has 1 N–H and O–H groups in total. The first-order valence-corrected chi connectivity index (χ1v) is 7.89. The van der Waals surface area contributed by atoms with Crippen molar-refractivity contribution in [1.29, 1.82) is 0 Å². The molecule has 0 aromatic heterocycles. The molecule has 0 saturated heterocycles. The number of aliphatic hydroxyl groups is 1. The van der Waals surface area contributed by atoms with Gasteiger partial charge in [0.05, 0.1) is 6.10 Å². The molecule has 0 aromatic rings. The van der Waals surface area contributed by atoms with E-state index in [0.717, 1.165) is 30.6 Å². The van der Waals surface area contributed by atoms with Crippen LogP contribution < -0.4 is 0 Å². The highest BCUT2D eigenvalue weighted by Crippen LogP contribution is 2.67. The SMILES string of the molecule is C=CC[C@@H](CC[C@@]1(C)C[C@@H]1[C@H]1C[C@@H]1CCCO)OC. The highest BCUT2D eigenvalue weighted by Gasteiger charge is 2.59. The van der Waals surface area contributed by atoms with Crippen LogP contribution >= 0.6 is 0 Å². The van der Waals surface area contributed by atoms with Crippen molar-refractivity contribution in [2.75, 3.05) is 13.7 Å². The van der Waals surface area contributed by atoms with Crippen molar-refractivity contribution < 1.29 is 9.84 Å². The van der Waals surface area contributed by atoms with E-state index in [1.807, 2.05) is 13.2 Å². The van der Waals surface area contributed by atoms with Crippen LogP contribution in [0.25, 0.3) is 0 Å². The van der Waals surface area contributed by atoms with E-state index >= 15 is 0 Å². The predicted molar refractivity (Wildman–Crippen MR) is 79.0 cm³/mol. The number of ether oxygens (including phenoxy) is 1. The molecule has 0 heterocycles. The molecule has 0 radical (unpaired) electrons. The summed E-state index contributed by atoms with van der Waals surface area (Å²) in [5.41, 5.74) is 0.580. The molecule has 0 bridgehead atoms. The lowest BCUT2D eigenvalue weighted by Crippen LogP contribution is -2.12. The van der Waals surface area contributed by atoms with Crippen molar-refractivity contribution in [2.24, 2.45) is 23.2 Å². The van der Waals surface area contributed by atoms with Gasteiger partial charge in [-0.2, -0.15) is 0 Å². The van der Waals surface area contributed by atoms with Gasteiger partial charge in [0.25, 0.3) is 0 Å². The lowest BCUT2D eigenvalue weighted by molar-refractivity contribution is 0.0898. The van der Waals surface area contributed by atoms with Gasteiger partial charge in [-0.05, 0) is 68.1 Å². The first-order chi connectivity index (χ1) is 9.14. The molecule has 2 nitrogen and oxygen atoms in total. The summed E-state index contributed by atoms with van der Waals surface area (Å²) in [7, 11) is 1.81. The lowest BCUT2D eigenvalue weighted by Gasteiger charge is -2.17. The maximum atomic E-state index is 8.89.